The van der Waals surface area contributed by atoms with Crippen LogP contribution in [-0.2, 0) is 0 Å². The normalized spacial score (nSPS) is 14.7. The maximum atomic E-state index is 12.7. The number of piperidine rings is 1. The van der Waals surface area contributed by atoms with Crippen molar-refractivity contribution in [2.75, 3.05) is 19.7 Å². The van der Waals surface area contributed by atoms with Crippen molar-refractivity contribution in [2.45, 2.75) is 33.6 Å². The molecule has 2 aromatic rings. The van der Waals surface area contributed by atoms with Crippen LogP contribution in [0.15, 0.2) is 42.5 Å². The summed E-state index contributed by atoms with van der Waals surface area (Å²) in [6, 6.07) is 11.5. The molecule has 1 heterocycles. The number of phenolic OH excluding ortho intramolecular Hbond substituents is 1. The Labute approximate surface area is 187 Å². The Morgan fingerprint density at radius 2 is 1.81 bits per heavy atom. The van der Waals surface area contributed by atoms with Gasteiger partial charge < -0.3 is 19.5 Å². The van der Waals surface area contributed by atoms with Gasteiger partial charge in [0.2, 0.25) is 0 Å². The number of Topliss-reactive ketones (excluding diaryl/α,β-unsaturated/α-hetero) is 1. The van der Waals surface area contributed by atoms with Gasteiger partial charge in [-0.15, -0.1) is 0 Å². The molecule has 3 rings (SSSR count). The third-order valence-electron chi connectivity index (χ3n) is 5.46. The molecular weight excluding hydrogens is 410 g/mol. The number of ketones is 1. The molecule has 1 fully saturated rings. The summed E-state index contributed by atoms with van der Waals surface area (Å²) < 4.78 is 11.3. The zero-order valence-corrected chi connectivity index (χ0v) is 18.7. The molecule has 7 nitrogen and oxygen atoms in total. The number of benzene rings is 2. The molecule has 32 heavy (non-hydrogen) atoms. The van der Waals surface area contributed by atoms with Gasteiger partial charge >= 0.3 is 6.09 Å². The van der Waals surface area contributed by atoms with Crippen LogP contribution in [0.25, 0.3) is 0 Å². The molecule has 1 aliphatic heterocycles. The first-order chi connectivity index (χ1) is 15.2. The number of hydrogen-bond donors (Lipinski definition) is 1. The highest BCUT2D eigenvalue weighted by Gasteiger charge is 2.30. The summed E-state index contributed by atoms with van der Waals surface area (Å²) in [4.78, 5) is 37.9. The lowest BCUT2D eigenvalue weighted by Crippen LogP contribution is -2.41. The van der Waals surface area contributed by atoms with E-state index in [4.69, 9.17) is 9.47 Å². The lowest BCUT2D eigenvalue weighted by Gasteiger charge is -2.31. The van der Waals surface area contributed by atoms with E-state index in [9.17, 15) is 19.5 Å². The van der Waals surface area contributed by atoms with Gasteiger partial charge in [0.15, 0.2) is 17.3 Å². The van der Waals surface area contributed by atoms with Gasteiger partial charge in [-0.3, -0.25) is 9.59 Å². The zero-order valence-electron chi connectivity index (χ0n) is 18.7. The molecule has 0 aromatic heterocycles. The van der Waals surface area contributed by atoms with Crippen molar-refractivity contribution in [3.8, 4) is 17.2 Å². The Morgan fingerprint density at radius 3 is 2.47 bits per heavy atom. The minimum absolute atomic E-state index is 0.0991. The second-order valence-corrected chi connectivity index (χ2v) is 9.03. The van der Waals surface area contributed by atoms with E-state index in [1.807, 2.05) is 6.07 Å². The zero-order chi connectivity index (χ0) is 23.3. The van der Waals surface area contributed by atoms with Gasteiger partial charge in [-0.1, -0.05) is 39.0 Å². The molecule has 0 radical (unpaired) electrons. The number of likely N-dealkylation sites (tertiary alicyclic amines) is 1. The molecule has 0 bridgehead atoms. The first-order valence-corrected chi connectivity index (χ1v) is 10.7. The number of carbonyl (C=O) groups is 3. The van der Waals surface area contributed by atoms with Gasteiger partial charge in [-0.2, -0.15) is 0 Å². The molecule has 1 amide bonds. The van der Waals surface area contributed by atoms with Gasteiger partial charge in [0.25, 0.3) is 0 Å². The molecule has 2 aromatic carbocycles. The molecule has 7 heteroatoms. The standard InChI is InChI=1S/C25H29NO6/c1-25(2,3)23(29)20-8-5-9-21(28)22(20)32-24(30)26-12-10-17(11-13-26)16-31-19-7-4-6-18(14-19)15-27/h4-9,14-15,17,28H,10-13,16H2,1-3H3. The number of aromatic hydroxyl groups is 1. The van der Waals surface area contributed by atoms with Gasteiger partial charge in [-0.05, 0) is 43.0 Å². The number of amides is 1. The second-order valence-electron chi connectivity index (χ2n) is 9.03. The predicted molar refractivity (Wildman–Crippen MR) is 120 cm³/mol. The Kier molecular flexibility index (Phi) is 7.18. The summed E-state index contributed by atoms with van der Waals surface area (Å²) >= 11 is 0. The topological polar surface area (TPSA) is 93.1 Å². The van der Waals surface area contributed by atoms with Crippen LogP contribution in [0, 0.1) is 11.3 Å². The minimum Gasteiger partial charge on any atom is -0.504 e. The SMILES string of the molecule is CC(C)(C)C(=O)c1cccc(O)c1OC(=O)N1CCC(COc2cccc(C=O)c2)CC1. The van der Waals surface area contributed by atoms with Crippen molar-refractivity contribution in [3.05, 3.63) is 53.6 Å². The average Bonchev–Trinajstić information content (AvgIpc) is 2.78. The third kappa shape index (κ3) is 5.66. The Hall–Kier alpha value is -3.35. The van der Waals surface area contributed by atoms with Crippen LogP contribution in [0.2, 0.25) is 0 Å². The summed E-state index contributed by atoms with van der Waals surface area (Å²) in [6.07, 6.45) is 1.66. The van der Waals surface area contributed by atoms with Gasteiger partial charge in [0.1, 0.15) is 12.0 Å². The highest BCUT2D eigenvalue weighted by Crippen LogP contribution is 2.35. The molecule has 0 saturated carbocycles. The number of para-hydroxylation sites is 1. The predicted octanol–water partition coefficient (Wildman–Crippen LogP) is 4.72. The smallest absolute Gasteiger partial charge is 0.415 e. The van der Waals surface area contributed by atoms with E-state index in [-0.39, 0.29) is 28.8 Å². The first kappa shape index (κ1) is 23.3. The number of aldehydes is 1. The molecule has 1 saturated heterocycles. The molecule has 0 unspecified atom stereocenters. The van der Waals surface area contributed by atoms with Crippen molar-refractivity contribution < 1.29 is 29.0 Å². The van der Waals surface area contributed by atoms with E-state index in [1.165, 1.54) is 6.07 Å². The summed E-state index contributed by atoms with van der Waals surface area (Å²) in [6.45, 7) is 6.77. The molecule has 0 aliphatic carbocycles. The van der Waals surface area contributed by atoms with Crippen molar-refractivity contribution in [1.82, 2.24) is 4.90 Å². The monoisotopic (exact) mass is 439 g/mol. The van der Waals surface area contributed by atoms with Crippen molar-refractivity contribution in [1.29, 1.82) is 0 Å². The first-order valence-electron chi connectivity index (χ1n) is 10.7. The maximum absolute atomic E-state index is 12.7. The highest BCUT2D eigenvalue weighted by molar-refractivity contribution is 6.03. The van der Waals surface area contributed by atoms with Crippen LogP contribution in [0.3, 0.4) is 0 Å². The number of phenols is 1. The quantitative estimate of drug-likeness (QED) is 0.517. The molecule has 170 valence electrons. The molecule has 0 spiro atoms. The number of ether oxygens (including phenoxy) is 2. The summed E-state index contributed by atoms with van der Waals surface area (Å²) in [5.74, 6) is 0.354. The second kappa shape index (κ2) is 9.85. The van der Waals surface area contributed by atoms with E-state index in [0.717, 1.165) is 19.1 Å². The van der Waals surface area contributed by atoms with E-state index in [1.54, 1.807) is 56.0 Å². The molecule has 0 atom stereocenters. The van der Waals surface area contributed by atoms with Crippen LogP contribution in [0.4, 0.5) is 4.79 Å². The van der Waals surface area contributed by atoms with E-state index in [2.05, 4.69) is 0 Å². The van der Waals surface area contributed by atoms with Crippen LogP contribution in [0.1, 0.15) is 54.3 Å². The fourth-order valence-electron chi connectivity index (χ4n) is 3.54. The number of nitrogens with zero attached hydrogens (tertiary/aromatic N) is 1. The fourth-order valence-corrected chi connectivity index (χ4v) is 3.54. The largest absolute Gasteiger partial charge is 0.504 e. The maximum Gasteiger partial charge on any atom is 0.415 e. The van der Waals surface area contributed by atoms with Crippen LogP contribution in [-0.4, -0.2) is 47.9 Å². The highest BCUT2D eigenvalue weighted by atomic mass is 16.6. The van der Waals surface area contributed by atoms with Crippen LogP contribution >= 0.6 is 0 Å². The fraction of sp³-hybridized carbons (Fsp3) is 0.400. The summed E-state index contributed by atoms with van der Waals surface area (Å²) in [5.41, 5.74) is 0.0682. The lowest BCUT2D eigenvalue weighted by molar-refractivity contribution is 0.0851. The van der Waals surface area contributed by atoms with Crippen molar-refractivity contribution in [2.24, 2.45) is 11.3 Å². The van der Waals surface area contributed by atoms with Gasteiger partial charge in [-0.25, -0.2) is 4.79 Å². The van der Waals surface area contributed by atoms with Crippen LogP contribution in [0.5, 0.6) is 17.2 Å². The van der Waals surface area contributed by atoms with Crippen molar-refractivity contribution >= 4 is 18.2 Å². The van der Waals surface area contributed by atoms with E-state index < -0.39 is 11.5 Å². The summed E-state index contributed by atoms with van der Waals surface area (Å²) in [5, 5.41) is 10.2. The van der Waals surface area contributed by atoms with E-state index in [0.29, 0.717) is 31.0 Å². The summed E-state index contributed by atoms with van der Waals surface area (Å²) in [7, 11) is 0. The molecule has 1 N–H and O–H groups in total. The van der Waals surface area contributed by atoms with E-state index >= 15 is 0 Å². The molecule has 1 aliphatic rings. The molecular formula is C25H29NO6. The minimum atomic E-state index is -0.682. The number of rotatable bonds is 6. The lowest BCUT2D eigenvalue weighted by atomic mass is 9.86. The Balaban J connectivity index is 1.57. The Morgan fingerprint density at radius 1 is 1.12 bits per heavy atom. The van der Waals surface area contributed by atoms with Crippen molar-refractivity contribution in [3.63, 3.8) is 0 Å². The number of hydrogen-bond acceptors (Lipinski definition) is 6. The van der Waals surface area contributed by atoms with Crippen LogP contribution < -0.4 is 9.47 Å². The number of carbonyl (C=O) groups excluding carboxylic acids is 3. The van der Waals surface area contributed by atoms with Gasteiger partial charge in [0.05, 0.1) is 12.2 Å². The van der Waals surface area contributed by atoms with Gasteiger partial charge in [0, 0.05) is 24.1 Å². The Bertz CT molecular complexity index is 986. The third-order valence-corrected chi connectivity index (χ3v) is 5.46. The average molecular weight is 440 g/mol.